The predicted octanol–water partition coefficient (Wildman–Crippen LogP) is 4.35. The number of carbonyl (C=O) groups excluding carboxylic acids is 1. The quantitative estimate of drug-likeness (QED) is 0.744. The molecule has 3 aromatic carbocycles. The van der Waals surface area contributed by atoms with Crippen LogP contribution in [0.15, 0.2) is 78.9 Å². The molecule has 3 rings (SSSR count). The molecule has 3 heteroatoms. The second kappa shape index (κ2) is 7.55. The molecule has 0 bridgehead atoms. The van der Waals surface area contributed by atoms with Crippen molar-refractivity contribution in [3.8, 4) is 11.1 Å². The van der Waals surface area contributed by atoms with Gasteiger partial charge in [-0.3, -0.25) is 4.79 Å². The third-order valence-electron chi connectivity index (χ3n) is 3.86. The third kappa shape index (κ3) is 4.07. The van der Waals surface area contributed by atoms with E-state index in [0.717, 1.165) is 16.7 Å². The van der Waals surface area contributed by atoms with Gasteiger partial charge in [-0.25, -0.2) is 4.39 Å². The minimum Gasteiger partial charge on any atom is -0.352 e. The van der Waals surface area contributed by atoms with Gasteiger partial charge >= 0.3 is 0 Å². The fraction of sp³-hybridized carbons (Fsp3) is 0.0952. The highest BCUT2D eigenvalue weighted by molar-refractivity contribution is 5.78. The van der Waals surface area contributed by atoms with Gasteiger partial charge < -0.3 is 5.32 Å². The number of benzene rings is 3. The Morgan fingerprint density at radius 2 is 1.42 bits per heavy atom. The highest BCUT2D eigenvalue weighted by Crippen LogP contribution is 2.19. The molecule has 0 aliphatic heterocycles. The van der Waals surface area contributed by atoms with Crippen LogP contribution in [0.2, 0.25) is 0 Å². The Kier molecular flexibility index (Phi) is 5.02. The maximum atomic E-state index is 13.5. The number of rotatable bonds is 5. The molecule has 1 N–H and O–H groups in total. The van der Waals surface area contributed by atoms with Crippen LogP contribution >= 0.6 is 0 Å². The first-order valence-electron chi connectivity index (χ1n) is 7.87. The Labute approximate surface area is 141 Å². The molecule has 0 aliphatic rings. The fourth-order valence-corrected chi connectivity index (χ4v) is 2.53. The molecule has 24 heavy (non-hydrogen) atoms. The van der Waals surface area contributed by atoms with Crippen molar-refractivity contribution < 1.29 is 9.18 Å². The van der Waals surface area contributed by atoms with Crippen LogP contribution in [-0.2, 0) is 17.8 Å². The number of hydrogen-bond donors (Lipinski definition) is 1. The van der Waals surface area contributed by atoms with E-state index < -0.39 is 0 Å². The molecule has 0 fully saturated rings. The monoisotopic (exact) mass is 319 g/mol. The smallest absolute Gasteiger partial charge is 0.224 e. The Bertz CT molecular complexity index is 813. The molecule has 0 heterocycles. The van der Waals surface area contributed by atoms with Crippen molar-refractivity contribution in [2.75, 3.05) is 0 Å². The first kappa shape index (κ1) is 15.9. The van der Waals surface area contributed by atoms with E-state index in [-0.39, 0.29) is 24.7 Å². The summed E-state index contributed by atoms with van der Waals surface area (Å²) in [4.78, 5) is 12.0. The van der Waals surface area contributed by atoms with Gasteiger partial charge in [0.1, 0.15) is 5.82 Å². The van der Waals surface area contributed by atoms with Gasteiger partial charge in [-0.1, -0.05) is 72.8 Å². The summed E-state index contributed by atoms with van der Waals surface area (Å²) in [5.74, 6) is -0.421. The number of hydrogen-bond acceptors (Lipinski definition) is 1. The van der Waals surface area contributed by atoms with Crippen molar-refractivity contribution in [1.82, 2.24) is 5.32 Å². The van der Waals surface area contributed by atoms with Gasteiger partial charge in [0.2, 0.25) is 5.91 Å². The van der Waals surface area contributed by atoms with Gasteiger partial charge in [-0.15, -0.1) is 0 Å². The van der Waals surface area contributed by atoms with E-state index in [0.29, 0.717) is 5.56 Å². The van der Waals surface area contributed by atoms with E-state index in [1.165, 1.54) is 6.07 Å². The van der Waals surface area contributed by atoms with Crippen molar-refractivity contribution in [2.45, 2.75) is 13.0 Å². The number of nitrogens with one attached hydrogen (secondary N) is 1. The van der Waals surface area contributed by atoms with Gasteiger partial charge in [-0.2, -0.15) is 0 Å². The number of halogens is 1. The zero-order chi connectivity index (χ0) is 16.8. The first-order valence-corrected chi connectivity index (χ1v) is 7.87. The Hall–Kier alpha value is -2.94. The van der Waals surface area contributed by atoms with Gasteiger partial charge in [0.25, 0.3) is 0 Å². The molecular formula is C21H18FNO. The Morgan fingerprint density at radius 1 is 0.792 bits per heavy atom. The lowest BCUT2D eigenvalue weighted by Gasteiger charge is -2.07. The highest BCUT2D eigenvalue weighted by Gasteiger charge is 2.06. The average Bonchev–Trinajstić information content (AvgIpc) is 2.62. The lowest BCUT2D eigenvalue weighted by molar-refractivity contribution is -0.120. The largest absolute Gasteiger partial charge is 0.352 e. The molecule has 0 radical (unpaired) electrons. The topological polar surface area (TPSA) is 29.1 Å². The predicted molar refractivity (Wildman–Crippen MR) is 93.8 cm³/mol. The fourth-order valence-electron chi connectivity index (χ4n) is 2.53. The van der Waals surface area contributed by atoms with Crippen molar-refractivity contribution >= 4 is 5.91 Å². The second-order valence-electron chi connectivity index (χ2n) is 5.61. The van der Waals surface area contributed by atoms with E-state index >= 15 is 0 Å². The normalized spacial score (nSPS) is 10.4. The van der Waals surface area contributed by atoms with E-state index in [1.54, 1.807) is 18.2 Å². The zero-order valence-electron chi connectivity index (χ0n) is 13.2. The SMILES string of the molecule is O=C(Cc1ccc(-c2ccccc2)cc1)NCc1ccccc1F. The molecule has 0 aromatic heterocycles. The van der Waals surface area contributed by atoms with Crippen molar-refractivity contribution in [2.24, 2.45) is 0 Å². The number of carbonyl (C=O) groups is 1. The van der Waals surface area contributed by atoms with Crippen LogP contribution < -0.4 is 5.32 Å². The lowest BCUT2D eigenvalue weighted by atomic mass is 10.0. The maximum Gasteiger partial charge on any atom is 0.224 e. The van der Waals surface area contributed by atoms with Crippen LogP contribution in [0.5, 0.6) is 0 Å². The van der Waals surface area contributed by atoms with Crippen molar-refractivity contribution in [3.63, 3.8) is 0 Å². The highest BCUT2D eigenvalue weighted by atomic mass is 19.1. The van der Waals surface area contributed by atoms with E-state index in [2.05, 4.69) is 17.4 Å². The molecular weight excluding hydrogens is 301 g/mol. The summed E-state index contributed by atoms with van der Waals surface area (Å²) in [6.07, 6.45) is 0.281. The molecule has 0 saturated carbocycles. The number of amides is 1. The first-order chi connectivity index (χ1) is 11.7. The molecule has 1 amide bonds. The third-order valence-corrected chi connectivity index (χ3v) is 3.86. The molecule has 0 atom stereocenters. The molecule has 0 unspecified atom stereocenters. The van der Waals surface area contributed by atoms with Crippen LogP contribution in [-0.4, -0.2) is 5.91 Å². The summed E-state index contributed by atoms with van der Waals surface area (Å²) >= 11 is 0. The van der Waals surface area contributed by atoms with Crippen LogP contribution in [0.25, 0.3) is 11.1 Å². The van der Waals surface area contributed by atoms with E-state index in [9.17, 15) is 9.18 Å². The molecule has 0 spiro atoms. The summed E-state index contributed by atoms with van der Waals surface area (Å²) in [6.45, 7) is 0.202. The summed E-state index contributed by atoms with van der Waals surface area (Å²) in [6, 6.07) is 24.5. The maximum absolute atomic E-state index is 13.5. The van der Waals surface area contributed by atoms with Crippen LogP contribution in [0.1, 0.15) is 11.1 Å². The van der Waals surface area contributed by atoms with Gasteiger partial charge in [-0.05, 0) is 22.8 Å². The Balaban J connectivity index is 1.58. The zero-order valence-corrected chi connectivity index (χ0v) is 13.2. The van der Waals surface area contributed by atoms with Gasteiger partial charge in [0, 0.05) is 12.1 Å². The van der Waals surface area contributed by atoms with Gasteiger partial charge in [0.15, 0.2) is 0 Å². The minimum atomic E-state index is -0.301. The molecule has 0 aliphatic carbocycles. The molecule has 0 saturated heterocycles. The molecule has 2 nitrogen and oxygen atoms in total. The second-order valence-corrected chi connectivity index (χ2v) is 5.61. The van der Waals surface area contributed by atoms with E-state index in [1.807, 2.05) is 42.5 Å². The van der Waals surface area contributed by atoms with Gasteiger partial charge in [0.05, 0.1) is 6.42 Å². The minimum absolute atomic E-state index is 0.120. The van der Waals surface area contributed by atoms with Crippen molar-refractivity contribution in [1.29, 1.82) is 0 Å². The lowest BCUT2D eigenvalue weighted by Crippen LogP contribution is -2.24. The average molecular weight is 319 g/mol. The molecule has 3 aromatic rings. The Morgan fingerprint density at radius 3 is 2.12 bits per heavy atom. The summed E-state index contributed by atoms with van der Waals surface area (Å²) < 4.78 is 13.5. The van der Waals surface area contributed by atoms with Crippen LogP contribution in [0.3, 0.4) is 0 Å². The van der Waals surface area contributed by atoms with E-state index in [4.69, 9.17) is 0 Å². The summed E-state index contributed by atoms with van der Waals surface area (Å²) in [7, 11) is 0. The summed E-state index contributed by atoms with van der Waals surface area (Å²) in [5, 5.41) is 2.76. The van der Waals surface area contributed by atoms with Crippen LogP contribution in [0.4, 0.5) is 4.39 Å². The summed E-state index contributed by atoms with van der Waals surface area (Å²) in [5.41, 5.74) is 3.69. The van der Waals surface area contributed by atoms with Crippen molar-refractivity contribution in [3.05, 3.63) is 95.8 Å². The molecule has 120 valence electrons. The van der Waals surface area contributed by atoms with Crippen LogP contribution in [0, 0.1) is 5.82 Å². The standard InChI is InChI=1S/C21H18FNO/c22-20-9-5-4-8-19(20)15-23-21(24)14-16-10-12-18(13-11-16)17-6-2-1-3-7-17/h1-13H,14-15H2,(H,23,24).